The van der Waals surface area contributed by atoms with Crippen LogP contribution in [-0.2, 0) is 0 Å². The first-order chi connectivity index (χ1) is 8.38. The SMILES string of the molecule is CC1(C)CNC(C)(C)CN(C2CCCCCC2)C1. The summed E-state index contributed by atoms with van der Waals surface area (Å²) in [6.45, 7) is 13.1. The molecule has 0 radical (unpaired) electrons. The summed E-state index contributed by atoms with van der Waals surface area (Å²) in [7, 11) is 0. The fourth-order valence-electron chi connectivity index (χ4n) is 3.58. The maximum atomic E-state index is 3.75. The molecule has 0 spiro atoms. The molecule has 0 aromatic carbocycles. The van der Waals surface area contributed by atoms with Gasteiger partial charge in [0, 0.05) is 31.2 Å². The van der Waals surface area contributed by atoms with Crippen LogP contribution in [-0.4, -0.2) is 36.1 Å². The van der Waals surface area contributed by atoms with Crippen LogP contribution < -0.4 is 5.32 Å². The Morgan fingerprint density at radius 2 is 1.50 bits per heavy atom. The van der Waals surface area contributed by atoms with Crippen LogP contribution in [0.15, 0.2) is 0 Å². The molecule has 0 amide bonds. The highest BCUT2D eigenvalue weighted by Crippen LogP contribution is 2.29. The van der Waals surface area contributed by atoms with Crippen LogP contribution in [0.4, 0.5) is 0 Å². The molecule has 1 saturated carbocycles. The molecule has 1 saturated heterocycles. The summed E-state index contributed by atoms with van der Waals surface area (Å²) in [5.41, 5.74) is 0.667. The Balaban J connectivity index is 2.07. The number of hydrogen-bond donors (Lipinski definition) is 1. The van der Waals surface area contributed by atoms with Crippen molar-refractivity contribution in [1.29, 1.82) is 0 Å². The van der Waals surface area contributed by atoms with E-state index >= 15 is 0 Å². The van der Waals surface area contributed by atoms with Crippen LogP contribution >= 0.6 is 0 Å². The van der Waals surface area contributed by atoms with Crippen molar-refractivity contribution in [3.63, 3.8) is 0 Å². The Hall–Kier alpha value is -0.0800. The predicted molar refractivity (Wildman–Crippen MR) is 78.9 cm³/mol. The van der Waals surface area contributed by atoms with Gasteiger partial charge in [0.1, 0.15) is 0 Å². The van der Waals surface area contributed by atoms with Crippen molar-refractivity contribution in [3.8, 4) is 0 Å². The molecule has 2 fully saturated rings. The van der Waals surface area contributed by atoms with E-state index < -0.39 is 0 Å². The second-order valence-corrected chi connectivity index (χ2v) is 7.95. The first kappa shape index (κ1) is 14.3. The summed E-state index contributed by atoms with van der Waals surface area (Å²) in [5, 5.41) is 3.75. The molecule has 1 aliphatic carbocycles. The summed E-state index contributed by atoms with van der Waals surface area (Å²) >= 11 is 0. The van der Waals surface area contributed by atoms with Gasteiger partial charge < -0.3 is 5.32 Å². The average Bonchev–Trinajstić information content (AvgIpc) is 2.58. The molecule has 0 bridgehead atoms. The van der Waals surface area contributed by atoms with Crippen LogP contribution in [0, 0.1) is 5.41 Å². The van der Waals surface area contributed by atoms with Crippen LogP contribution in [0.3, 0.4) is 0 Å². The van der Waals surface area contributed by atoms with Gasteiger partial charge in [-0.2, -0.15) is 0 Å². The lowest BCUT2D eigenvalue weighted by atomic mass is 9.92. The van der Waals surface area contributed by atoms with Crippen molar-refractivity contribution in [2.75, 3.05) is 19.6 Å². The Morgan fingerprint density at radius 1 is 0.889 bits per heavy atom. The molecule has 0 atom stereocenters. The summed E-state index contributed by atoms with van der Waals surface area (Å²) in [4.78, 5) is 2.80. The van der Waals surface area contributed by atoms with Crippen molar-refractivity contribution < 1.29 is 0 Å². The minimum absolute atomic E-state index is 0.264. The average molecular weight is 252 g/mol. The molecule has 0 aromatic heterocycles. The Bertz CT molecular complexity index is 244. The Kier molecular flexibility index (Phi) is 4.38. The quantitative estimate of drug-likeness (QED) is 0.719. The third-order valence-electron chi connectivity index (χ3n) is 4.62. The fourth-order valence-corrected chi connectivity index (χ4v) is 3.58. The van der Waals surface area contributed by atoms with E-state index in [-0.39, 0.29) is 5.54 Å². The molecule has 1 heterocycles. The first-order valence-corrected chi connectivity index (χ1v) is 7.87. The molecule has 2 rings (SSSR count). The van der Waals surface area contributed by atoms with Crippen LogP contribution in [0.2, 0.25) is 0 Å². The zero-order valence-corrected chi connectivity index (χ0v) is 12.9. The number of nitrogens with zero attached hydrogens (tertiary/aromatic N) is 1. The fraction of sp³-hybridized carbons (Fsp3) is 1.00. The van der Waals surface area contributed by atoms with Crippen LogP contribution in [0.1, 0.15) is 66.2 Å². The molecular formula is C16H32N2. The van der Waals surface area contributed by atoms with E-state index in [2.05, 4.69) is 37.9 Å². The van der Waals surface area contributed by atoms with E-state index in [0.29, 0.717) is 5.41 Å². The highest BCUT2D eigenvalue weighted by Gasteiger charge is 2.35. The van der Waals surface area contributed by atoms with Gasteiger partial charge in [-0.05, 0) is 32.1 Å². The van der Waals surface area contributed by atoms with E-state index in [4.69, 9.17) is 0 Å². The van der Waals surface area contributed by atoms with Crippen LogP contribution in [0.25, 0.3) is 0 Å². The summed E-state index contributed by atoms with van der Waals surface area (Å²) in [6.07, 6.45) is 8.63. The molecular weight excluding hydrogens is 220 g/mol. The highest BCUT2D eigenvalue weighted by atomic mass is 15.2. The Labute approximate surface area is 114 Å². The molecule has 2 heteroatoms. The van der Waals surface area contributed by atoms with Gasteiger partial charge in [-0.3, -0.25) is 4.90 Å². The second-order valence-electron chi connectivity index (χ2n) is 7.95. The third kappa shape index (κ3) is 3.96. The molecule has 2 nitrogen and oxygen atoms in total. The lowest BCUT2D eigenvalue weighted by Crippen LogP contribution is -2.49. The molecule has 1 aliphatic heterocycles. The Morgan fingerprint density at radius 3 is 2.11 bits per heavy atom. The monoisotopic (exact) mass is 252 g/mol. The van der Waals surface area contributed by atoms with Gasteiger partial charge in [0.25, 0.3) is 0 Å². The smallest absolute Gasteiger partial charge is 0.0252 e. The molecule has 0 aromatic rings. The minimum Gasteiger partial charge on any atom is -0.310 e. The van der Waals surface area contributed by atoms with Crippen molar-refractivity contribution in [3.05, 3.63) is 0 Å². The van der Waals surface area contributed by atoms with Gasteiger partial charge in [-0.1, -0.05) is 39.5 Å². The zero-order valence-electron chi connectivity index (χ0n) is 12.9. The van der Waals surface area contributed by atoms with E-state index in [1.54, 1.807) is 0 Å². The maximum Gasteiger partial charge on any atom is 0.0252 e. The van der Waals surface area contributed by atoms with E-state index in [1.165, 1.54) is 51.6 Å². The first-order valence-electron chi connectivity index (χ1n) is 7.87. The number of rotatable bonds is 1. The molecule has 1 N–H and O–H groups in total. The lowest BCUT2D eigenvalue weighted by molar-refractivity contribution is 0.124. The van der Waals surface area contributed by atoms with Gasteiger partial charge in [0.2, 0.25) is 0 Å². The van der Waals surface area contributed by atoms with E-state index in [9.17, 15) is 0 Å². The minimum atomic E-state index is 0.264. The third-order valence-corrected chi connectivity index (χ3v) is 4.62. The predicted octanol–water partition coefficient (Wildman–Crippen LogP) is 3.42. The summed E-state index contributed by atoms with van der Waals surface area (Å²) < 4.78 is 0. The van der Waals surface area contributed by atoms with Crippen LogP contribution in [0.5, 0.6) is 0 Å². The van der Waals surface area contributed by atoms with Gasteiger partial charge in [-0.15, -0.1) is 0 Å². The molecule has 18 heavy (non-hydrogen) atoms. The standard InChI is InChI=1S/C16H32N2/c1-15(2)11-17-16(3,4)13-18(12-15)14-9-7-5-6-8-10-14/h14,17H,5-13H2,1-4H3. The van der Waals surface area contributed by atoms with Gasteiger partial charge >= 0.3 is 0 Å². The van der Waals surface area contributed by atoms with Crippen molar-refractivity contribution >= 4 is 0 Å². The van der Waals surface area contributed by atoms with Crippen molar-refractivity contribution in [2.24, 2.45) is 5.41 Å². The number of nitrogens with one attached hydrogen (secondary N) is 1. The van der Waals surface area contributed by atoms with E-state index in [0.717, 1.165) is 12.6 Å². The molecule has 106 valence electrons. The summed E-state index contributed by atoms with van der Waals surface area (Å²) in [5.74, 6) is 0. The maximum absolute atomic E-state index is 3.75. The normalized spacial score (nSPS) is 30.7. The van der Waals surface area contributed by atoms with E-state index in [1.807, 2.05) is 0 Å². The number of hydrogen-bond acceptors (Lipinski definition) is 2. The van der Waals surface area contributed by atoms with Crippen molar-refractivity contribution in [2.45, 2.75) is 77.8 Å². The highest BCUT2D eigenvalue weighted by molar-refractivity contribution is 4.93. The van der Waals surface area contributed by atoms with Gasteiger partial charge in [0.15, 0.2) is 0 Å². The zero-order chi connectivity index (χ0) is 13.2. The topological polar surface area (TPSA) is 15.3 Å². The second kappa shape index (κ2) is 5.50. The molecule has 2 aliphatic rings. The largest absolute Gasteiger partial charge is 0.310 e. The summed E-state index contributed by atoms with van der Waals surface area (Å²) in [6, 6.07) is 0.839. The molecule has 0 unspecified atom stereocenters. The van der Waals surface area contributed by atoms with Gasteiger partial charge in [-0.25, -0.2) is 0 Å². The van der Waals surface area contributed by atoms with Gasteiger partial charge in [0.05, 0.1) is 0 Å². The lowest BCUT2D eigenvalue weighted by Gasteiger charge is -2.37. The van der Waals surface area contributed by atoms with Crippen molar-refractivity contribution in [1.82, 2.24) is 10.2 Å².